The maximum Gasteiger partial charge on any atom is 0.416 e. The highest BCUT2D eigenvalue weighted by molar-refractivity contribution is 7.89. The fraction of sp³-hybridized carbons (Fsp3) is 0.438. The number of hydrogen-bond donors (Lipinski definition) is 3. The molecule has 2 aromatic carbocycles. The SMILES string of the molecule is CN(C[C@H](O)CNC(C)(C)CC1Cc2ccccc2C1)S(=O)(=O)c1cc(-c2ncccc2CCC(=O)O)cc(C(F)(F)F)c1. The van der Waals surface area contributed by atoms with E-state index in [1.807, 2.05) is 26.0 Å². The Bertz CT molecular complexity index is 1570. The van der Waals surface area contributed by atoms with Crippen molar-refractivity contribution in [2.45, 2.75) is 68.7 Å². The molecule has 0 saturated carbocycles. The average Bonchev–Trinajstić information content (AvgIpc) is 3.36. The fourth-order valence-corrected chi connectivity index (χ4v) is 7.09. The summed E-state index contributed by atoms with van der Waals surface area (Å²) in [5, 5.41) is 23.1. The van der Waals surface area contributed by atoms with Gasteiger partial charge in [0.2, 0.25) is 10.0 Å². The van der Waals surface area contributed by atoms with E-state index in [4.69, 9.17) is 5.11 Å². The minimum atomic E-state index is -4.86. The minimum Gasteiger partial charge on any atom is -0.481 e. The molecule has 1 heterocycles. The second kappa shape index (κ2) is 13.4. The molecule has 0 saturated heterocycles. The van der Waals surface area contributed by atoms with Crippen molar-refractivity contribution in [1.82, 2.24) is 14.6 Å². The van der Waals surface area contributed by atoms with Crippen molar-refractivity contribution in [2.24, 2.45) is 5.92 Å². The van der Waals surface area contributed by atoms with Gasteiger partial charge in [-0.1, -0.05) is 30.3 Å². The number of aliphatic hydroxyl groups excluding tert-OH is 1. The van der Waals surface area contributed by atoms with Crippen LogP contribution in [0.2, 0.25) is 0 Å². The van der Waals surface area contributed by atoms with Crippen molar-refractivity contribution >= 4 is 16.0 Å². The zero-order valence-electron chi connectivity index (χ0n) is 24.9. The number of β-amino-alcohol motifs (C(OH)–C–C–N with tert-alkyl or cyclic N) is 1. The summed E-state index contributed by atoms with van der Waals surface area (Å²) >= 11 is 0. The summed E-state index contributed by atoms with van der Waals surface area (Å²) in [4.78, 5) is 14.6. The molecule has 3 N–H and O–H groups in total. The molecule has 4 rings (SSSR count). The van der Waals surface area contributed by atoms with Crippen LogP contribution in [0.4, 0.5) is 13.2 Å². The molecule has 1 aromatic heterocycles. The number of alkyl halides is 3. The van der Waals surface area contributed by atoms with E-state index in [1.54, 1.807) is 6.07 Å². The number of nitrogens with zero attached hydrogens (tertiary/aromatic N) is 2. The minimum absolute atomic E-state index is 0.0000401. The molecule has 3 aromatic rings. The highest BCUT2D eigenvalue weighted by atomic mass is 32.2. The van der Waals surface area contributed by atoms with Crippen LogP contribution < -0.4 is 5.32 Å². The summed E-state index contributed by atoms with van der Waals surface area (Å²) in [5.74, 6) is -0.650. The standard InChI is InChI=1S/C32H38F3N3O5S/c1-31(2,18-21-13-23-7-4-5-8-24(23)14-21)37-19-27(39)20-38(3)44(42,43)28-16-25(15-26(17-28)32(33,34)35)30-22(9-6-12-36-30)10-11-29(40)41/h4-9,12,15-17,21,27,37,39H,10-11,13-14,18-20H2,1-3H3,(H,40,41)/t27-/m1/s1. The molecule has 12 heteroatoms. The van der Waals surface area contributed by atoms with Crippen LogP contribution in [-0.2, 0) is 40.3 Å². The van der Waals surface area contributed by atoms with E-state index in [1.165, 1.54) is 30.4 Å². The number of sulfonamides is 1. The van der Waals surface area contributed by atoms with Gasteiger partial charge in [0.1, 0.15) is 0 Å². The second-order valence-corrected chi connectivity index (χ2v) is 14.1. The zero-order chi connectivity index (χ0) is 32.3. The number of rotatable bonds is 13. The van der Waals surface area contributed by atoms with Crippen molar-refractivity contribution in [1.29, 1.82) is 0 Å². The number of fused-ring (bicyclic) bond motifs is 1. The predicted octanol–water partition coefficient (Wildman–Crippen LogP) is 4.94. The van der Waals surface area contributed by atoms with Gasteiger partial charge in [-0.05, 0) is 86.4 Å². The predicted molar refractivity (Wildman–Crippen MR) is 160 cm³/mol. The number of likely N-dealkylation sites (N-methyl/N-ethyl adjacent to an activating group) is 1. The average molecular weight is 634 g/mol. The lowest BCUT2D eigenvalue weighted by Gasteiger charge is -2.31. The number of aryl methyl sites for hydroxylation is 1. The summed E-state index contributed by atoms with van der Waals surface area (Å²) in [5.41, 5.74) is 1.49. The molecule has 1 aliphatic carbocycles. The van der Waals surface area contributed by atoms with Crippen molar-refractivity contribution in [3.8, 4) is 11.3 Å². The molecule has 0 aliphatic heterocycles. The van der Waals surface area contributed by atoms with Gasteiger partial charge in [-0.25, -0.2) is 8.42 Å². The quantitative estimate of drug-likeness (QED) is 0.244. The number of carboxylic acids is 1. The van der Waals surface area contributed by atoms with Crippen LogP contribution >= 0.6 is 0 Å². The molecule has 0 spiro atoms. The number of aromatic nitrogens is 1. The first-order valence-corrected chi connectivity index (χ1v) is 15.8. The highest BCUT2D eigenvalue weighted by Crippen LogP contribution is 2.36. The molecular weight excluding hydrogens is 595 g/mol. The number of carbonyl (C=O) groups is 1. The number of aliphatic hydroxyl groups is 1. The first-order chi connectivity index (χ1) is 20.5. The van der Waals surface area contributed by atoms with Gasteiger partial charge in [0, 0.05) is 43.9 Å². The molecule has 0 fully saturated rings. The molecule has 0 amide bonds. The maximum atomic E-state index is 13.9. The van der Waals surface area contributed by atoms with E-state index in [0.29, 0.717) is 17.5 Å². The molecule has 0 unspecified atom stereocenters. The normalized spacial score (nSPS) is 15.0. The summed E-state index contributed by atoms with van der Waals surface area (Å²) in [6.07, 6.45) is -2.12. The van der Waals surface area contributed by atoms with Gasteiger partial charge in [-0.15, -0.1) is 0 Å². The lowest BCUT2D eigenvalue weighted by Crippen LogP contribution is -2.47. The second-order valence-electron chi connectivity index (χ2n) is 12.1. The lowest BCUT2D eigenvalue weighted by atomic mass is 9.88. The summed E-state index contributed by atoms with van der Waals surface area (Å²) in [6.45, 7) is 3.78. The summed E-state index contributed by atoms with van der Waals surface area (Å²) in [7, 11) is -3.26. The van der Waals surface area contributed by atoms with Gasteiger partial charge in [0.25, 0.3) is 0 Å². The first-order valence-electron chi connectivity index (χ1n) is 14.4. The van der Waals surface area contributed by atoms with Crippen molar-refractivity contribution in [2.75, 3.05) is 20.1 Å². The van der Waals surface area contributed by atoms with Crippen LogP contribution in [0.1, 0.15) is 48.9 Å². The third-order valence-electron chi connectivity index (χ3n) is 7.93. The Labute approximate surface area is 256 Å². The van der Waals surface area contributed by atoms with Gasteiger partial charge in [-0.2, -0.15) is 17.5 Å². The Kier molecular flexibility index (Phi) is 10.2. The van der Waals surface area contributed by atoms with Crippen LogP contribution in [0, 0.1) is 5.92 Å². The number of halogens is 3. The number of nitrogens with one attached hydrogen (secondary N) is 1. The summed E-state index contributed by atoms with van der Waals surface area (Å²) in [6, 6.07) is 13.9. The third-order valence-corrected chi connectivity index (χ3v) is 9.73. The largest absolute Gasteiger partial charge is 0.481 e. The molecule has 0 radical (unpaired) electrons. The molecule has 1 aliphatic rings. The number of pyridine rings is 1. The van der Waals surface area contributed by atoms with E-state index >= 15 is 0 Å². The van der Waals surface area contributed by atoms with Crippen LogP contribution in [0.5, 0.6) is 0 Å². The summed E-state index contributed by atoms with van der Waals surface area (Å²) < 4.78 is 69.5. The van der Waals surface area contributed by atoms with Gasteiger partial charge < -0.3 is 15.5 Å². The van der Waals surface area contributed by atoms with Crippen LogP contribution in [-0.4, -0.2) is 65.7 Å². The van der Waals surface area contributed by atoms with Crippen molar-refractivity contribution < 1.29 is 36.6 Å². The van der Waals surface area contributed by atoms with Gasteiger partial charge in [-0.3, -0.25) is 9.78 Å². The zero-order valence-corrected chi connectivity index (χ0v) is 25.8. The lowest BCUT2D eigenvalue weighted by molar-refractivity contribution is -0.138. The van der Waals surface area contributed by atoms with Crippen molar-refractivity contribution in [3.05, 3.63) is 83.0 Å². The topological polar surface area (TPSA) is 120 Å². The maximum absolute atomic E-state index is 13.9. The Hall–Kier alpha value is -3.32. The molecule has 1 atom stereocenters. The van der Waals surface area contributed by atoms with Gasteiger partial charge >= 0.3 is 12.1 Å². The molecular formula is C32H38F3N3O5S. The number of benzene rings is 2. The Balaban J connectivity index is 1.47. The van der Waals surface area contributed by atoms with E-state index in [0.717, 1.165) is 35.7 Å². The van der Waals surface area contributed by atoms with Gasteiger partial charge in [0.05, 0.1) is 22.3 Å². The highest BCUT2D eigenvalue weighted by Gasteiger charge is 2.35. The monoisotopic (exact) mass is 633 g/mol. The number of hydrogen-bond acceptors (Lipinski definition) is 6. The van der Waals surface area contributed by atoms with Crippen LogP contribution in [0.3, 0.4) is 0 Å². The Morgan fingerprint density at radius 2 is 1.75 bits per heavy atom. The Morgan fingerprint density at radius 1 is 1.09 bits per heavy atom. The molecule has 8 nitrogen and oxygen atoms in total. The van der Waals surface area contributed by atoms with E-state index in [9.17, 15) is 31.5 Å². The van der Waals surface area contributed by atoms with Crippen LogP contribution in [0.25, 0.3) is 11.3 Å². The molecule has 238 valence electrons. The molecule has 44 heavy (non-hydrogen) atoms. The van der Waals surface area contributed by atoms with E-state index in [-0.39, 0.29) is 42.7 Å². The van der Waals surface area contributed by atoms with Crippen LogP contribution in [0.15, 0.2) is 65.7 Å². The van der Waals surface area contributed by atoms with E-state index < -0.39 is 38.7 Å². The number of aliphatic carboxylic acids is 1. The van der Waals surface area contributed by atoms with Crippen molar-refractivity contribution in [3.63, 3.8) is 0 Å². The number of carboxylic acid groups (broad SMARTS) is 1. The Morgan fingerprint density at radius 3 is 2.36 bits per heavy atom. The fourth-order valence-electron chi connectivity index (χ4n) is 5.81. The first kappa shape index (κ1) is 33.6. The van der Waals surface area contributed by atoms with E-state index in [2.05, 4.69) is 22.4 Å². The molecule has 0 bridgehead atoms. The smallest absolute Gasteiger partial charge is 0.416 e. The van der Waals surface area contributed by atoms with Gasteiger partial charge in [0.15, 0.2) is 0 Å². The third kappa shape index (κ3) is 8.44.